The lowest BCUT2D eigenvalue weighted by molar-refractivity contribution is 0.463. The van der Waals surface area contributed by atoms with Crippen molar-refractivity contribution in [3.63, 3.8) is 0 Å². The molecule has 1 N–H and O–H groups in total. The highest BCUT2D eigenvalue weighted by molar-refractivity contribution is 5.69. The van der Waals surface area contributed by atoms with Gasteiger partial charge >= 0.3 is 0 Å². The van der Waals surface area contributed by atoms with Gasteiger partial charge in [-0.2, -0.15) is 0 Å². The Balaban J connectivity index is 0. The Labute approximate surface area is 234 Å². The maximum Gasteiger partial charge on any atom is 0.0143 e. The summed E-state index contributed by atoms with van der Waals surface area (Å²) in [6.45, 7) is 27.6. The van der Waals surface area contributed by atoms with Crippen molar-refractivity contribution in [3.8, 4) is 12.3 Å². The molecular formula is C36H63N. The maximum absolute atomic E-state index is 4.90. The summed E-state index contributed by atoms with van der Waals surface area (Å²) in [5, 5.41) is 3.80. The first-order chi connectivity index (χ1) is 17.4. The van der Waals surface area contributed by atoms with Crippen molar-refractivity contribution in [2.24, 2.45) is 5.92 Å². The van der Waals surface area contributed by atoms with Gasteiger partial charge in [0.15, 0.2) is 0 Å². The number of nitrogens with one attached hydrogen (secondary N) is 1. The Morgan fingerprint density at radius 2 is 1.57 bits per heavy atom. The van der Waals surface area contributed by atoms with Crippen LogP contribution in [0.5, 0.6) is 0 Å². The normalized spacial score (nSPS) is 12.1. The second kappa shape index (κ2) is 22.2. The Hall–Kier alpha value is -1.78. The average molecular weight is 510 g/mol. The minimum absolute atomic E-state index is 0.207. The van der Waals surface area contributed by atoms with Crippen LogP contribution in [0.4, 0.5) is 0 Å². The maximum atomic E-state index is 4.90. The van der Waals surface area contributed by atoms with E-state index in [0.29, 0.717) is 6.04 Å². The van der Waals surface area contributed by atoms with Gasteiger partial charge in [0.05, 0.1) is 0 Å². The Kier molecular flexibility index (Phi) is 22.4. The molecular weight excluding hydrogens is 446 g/mol. The minimum atomic E-state index is 0.207. The van der Waals surface area contributed by atoms with Crippen LogP contribution in [0.1, 0.15) is 144 Å². The zero-order valence-electron chi connectivity index (χ0n) is 27.0. The summed E-state index contributed by atoms with van der Waals surface area (Å²) in [7, 11) is 0. The van der Waals surface area contributed by atoms with Crippen molar-refractivity contribution >= 4 is 5.57 Å². The highest BCUT2D eigenvalue weighted by Gasteiger charge is 2.16. The predicted molar refractivity (Wildman–Crippen MR) is 172 cm³/mol. The Bertz CT molecular complexity index is 787. The van der Waals surface area contributed by atoms with Gasteiger partial charge in [0.2, 0.25) is 0 Å². The smallest absolute Gasteiger partial charge is 0.0143 e. The van der Waals surface area contributed by atoms with Crippen LogP contribution < -0.4 is 5.32 Å². The molecule has 0 aliphatic rings. The number of terminal acetylenes is 1. The first-order valence-electron chi connectivity index (χ1n) is 15.0. The third-order valence-corrected chi connectivity index (χ3v) is 6.44. The van der Waals surface area contributed by atoms with Crippen molar-refractivity contribution in [2.45, 2.75) is 146 Å². The minimum Gasteiger partial charge on any atom is -0.311 e. The molecule has 1 rings (SSSR count). The summed E-state index contributed by atoms with van der Waals surface area (Å²) < 4.78 is 0. The molecule has 1 heteroatoms. The van der Waals surface area contributed by atoms with Crippen molar-refractivity contribution in [3.05, 3.63) is 52.6 Å². The van der Waals surface area contributed by atoms with E-state index in [4.69, 9.17) is 6.42 Å². The fourth-order valence-corrected chi connectivity index (χ4v) is 4.00. The van der Waals surface area contributed by atoms with Crippen LogP contribution in [-0.4, -0.2) is 12.6 Å². The molecule has 0 aliphatic carbocycles. The zero-order chi connectivity index (χ0) is 28.9. The van der Waals surface area contributed by atoms with E-state index >= 15 is 0 Å². The molecule has 0 amide bonds. The first kappa shape index (κ1) is 37.4. The molecule has 1 nitrogen and oxygen atoms in total. The third-order valence-electron chi connectivity index (χ3n) is 6.44. The van der Waals surface area contributed by atoms with Crippen LogP contribution >= 0.6 is 0 Å². The zero-order valence-corrected chi connectivity index (χ0v) is 27.0. The quantitative estimate of drug-likeness (QED) is 0.276. The summed E-state index contributed by atoms with van der Waals surface area (Å²) >= 11 is 0. The summed E-state index contributed by atoms with van der Waals surface area (Å²) in [6, 6.07) is 7.76. The van der Waals surface area contributed by atoms with Crippen molar-refractivity contribution in [2.75, 3.05) is 6.54 Å². The van der Waals surface area contributed by atoms with E-state index < -0.39 is 0 Å². The molecule has 0 aliphatic heterocycles. The summed E-state index contributed by atoms with van der Waals surface area (Å²) in [4.78, 5) is 0. The van der Waals surface area contributed by atoms with Gasteiger partial charge in [-0.15, -0.1) is 6.42 Å². The third kappa shape index (κ3) is 19.0. The van der Waals surface area contributed by atoms with Crippen LogP contribution in [-0.2, 0) is 5.41 Å². The molecule has 0 saturated carbocycles. The first-order valence-corrected chi connectivity index (χ1v) is 15.0. The molecule has 1 aromatic rings. The molecule has 0 spiro atoms. The van der Waals surface area contributed by atoms with Crippen LogP contribution in [0.3, 0.4) is 0 Å². The summed E-state index contributed by atoms with van der Waals surface area (Å²) in [6.07, 6.45) is 19.2. The average Bonchev–Trinajstić information content (AvgIpc) is 2.81. The summed E-state index contributed by atoms with van der Waals surface area (Å²) in [5.74, 6) is 3.20. The highest BCUT2D eigenvalue weighted by Crippen LogP contribution is 2.30. The van der Waals surface area contributed by atoms with Gasteiger partial charge in [0.1, 0.15) is 0 Å². The molecule has 0 heterocycles. The number of hydrogen-bond donors (Lipinski definition) is 1. The molecule has 1 aromatic carbocycles. The molecule has 1 unspecified atom stereocenters. The van der Waals surface area contributed by atoms with Gasteiger partial charge in [-0.3, -0.25) is 0 Å². The van der Waals surface area contributed by atoms with Crippen LogP contribution in [0.25, 0.3) is 5.57 Å². The molecule has 0 fully saturated rings. The molecule has 0 aromatic heterocycles. The van der Waals surface area contributed by atoms with E-state index in [-0.39, 0.29) is 5.41 Å². The van der Waals surface area contributed by atoms with E-state index in [1.165, 1.54) is 79.2 Å². The van der Waals surface area contributed by atoms with Gasteiger partial charge in [-0.05, 0) is 86.1 Å². The van der Waals surface area contributed by atoms with Gasteiger partial charge in [0, 0.05) is 12.6 Å². The van der Waals surface area contributed by atoms with E-state index in [9.17, 15) is 0 Å². The van der Waals surface area contributed by atoms with Gasteiger partial charge in [-0.25, -0.2) is 0 Å². The van der Waals surface area contributed by atoms with Crippen molar-refractivity contribution in [1.29, 1.82) is 0 Å². The number of hydrogen-bond acceptors (Lipinski definition) is 1. The SMILES string of the molecule is C#CC=C(C)C.CCC.CCCC(CCC)NC/C=C(\CCC(C)CC)c1ccc(C(C)(C)C)cc1C. The van der Waals surface area contributed by atoms with E-state index in [0.717, 1.165) is 12.5 Å². The largest absolute Gasteiger partial charge is 0.311 e. The van der Waals surface area contributed by atoms with Gasteiger partial charge < -0.3 is 5.32 Å². The summed E-state index contributed by atoms with van der Waals surface area (Å²) in [5.41, 5.74) is 7.20. The predicted octanol–water partition coefficient (Wildman–Crippen LogP) is 11.1. The molecule has 212 valence electrons. The monoisotopic (exact) mass is 509 g/mol. The van der Waals surface area contributed by atoms with Crippen LogP contribution in [0, 0.1) is 25.2 Å². The topological polar surface area (TPSA) is 12.0 Å². The van der Waals surface area contributed by atoms with E-state index in [2.05, 4.69) is 105 Å². The highest BCUT2D eigenvalue weighted by atomic mass is 14.9. The fraction of sp³-hybridized carbons (Fsp3) is 0.667. The number of rotatable bonds is 12. The molecule has 0 bridgehead atoms. The van der Waals surface area contributed by atoms with Crippen molar-refractivity contribution in [1.82, 2.24) is 5.32 Å². The molecule has 37 heavy (non-hydrogen) atoms. The molecule has 0 saturated heterocycles. The number of allylic oxidation sites excluding steroid dienone is 3. The van der Waals surface area contributed by atoms with Crippen LogP contribution in [0.2, 0.25) is 0 Å². The molecule has 0 radical (unpaired) electrons. The Morgan fingerprint density at radius 1 is 1.00 bits per heavy atom. The number of benzene rings is 1. The Morgan fingerprint density at radius 3 is 1.95 bits per heavy atom. The lowest BCUT2D eigenvalue weighted by Crippen LogP contribution is -2.29. The van der Waals surface area contributed by atoms with E-state index in [1.54, 1.807) is 6.08 Å². The van der Waals surface area contributed by atoms with Gasteiger partial charge in [0.25, 0.3) is 0 Å². The second-order valence-corrected chi connectivity index (χ2v) is 11.8. The standard InChI is InChI=1S/C27H47N.C6H8.C3H8/c1-9-12-25(13-10-2)28-19-18-23(15-14-21(4)11-3)26-17-16-24(20-22(26)5)27(6,7)8;1-4-5-6(2)3;1-3-2/h16-18,20-21,25,28H,9-15,19H2,1-8H3;1,5H,2-3H3;3H2,1-2H3/b23-18+;;. The second-order valence-electron chi connectivity index (χ2n) is 11.8. The van der Waals surface area contributed by atoms with Gasteiger partial charge in [-0.1, -0.05) is 124 Å². The van der Waals surface area contributed by atoms with Crippen molar-refractivity contribution < 1.29 is 0 Å². The fourth-order valence-electron chi connectivity index (χ4n) is 4.00. The molecule has 1 atom stereocenters. The number of aryl methyl sites for hydroxylation is 1. The lowest BCUT2D eigenvalue weighted by atomic mass is 9.84. The van der Waals surface area contributed by atoms with Crippen LogP contribution in [0.15, 0.2) is 35.9 Å². The van der Waals surface area contributed by atoms with E-state index in [1.807, 2.05) is 13.8 Å². The lowest BCUT2D eigenvalue weighted by Gasteiger charge is -2.22.